The van der Waals surface area contributed by atoms with Crippen molar-refractivity contribution in [1.82, 2.24) is 15.6 Å². The van der Waals surface area contributed by atoms with Crippen LogP contribution in [-0.2, 0) is 0 Å². The van der Waals surface area contributed by atoms with Crippen molar-refractivity contribution in [3.63, 3.8) is 0 Å². The first-order valence-electron chi connectivity index (χ1n) is 7.26. The molecule has 0 bridgehead atoms. The predicted molar refractivity (Wildman–Crippen MR) is 79.8 cm³/mol. The Morgan fingerprint density at radius 1 is 1.38 bits per heavy atom. The van der Waals surface area contributed by atoms with E-state index in [4.69, 9.17) is 4.42 Å². The summed E-state index contributed by atoms with van der Waals surface area (Å²) in [6.45, 7) is 3.97. The van der Waals surface area contributed by atoms with Gasteiger partial charge in [-0.05, 0) is 31.0 Å². The van der Waals surface area contributed by atoms with E-state index in [2.05, 4.69) is 22.5 Å². The Hall–Kier alpha value is -2.14. The normalized spacial score (nSPS) is 22.0. The zero-order chi connectivity index (χ0) is 14.7. The number of rotatable bonds is 3. The van der Waals surface area contributed by atoms with Crippen molar-refractivity contribution in [3.8, 4) is 11.5 Å². The van der Waals surface area contributed by atoms with E-state index in [0.29, 0.717) is 17.5 Å². The Kier molecular flexibility index (Phi) is 4.01. The third-order valence-corrected chi connectivity index (χ3v) is 3.90. The first kappa shape index (κ1) is 13.8. The molecule has 0 radical (unpaired) electrons. The second-order valence-corrected chi connectivity index (χ2v) is 5.45. The highest BCUT2D eigenvalue weighted by Gasteiger charge is 2.24. The predicted octanol–water partition coefficient (Wildman–Crippen LogP) is 2.07. The standard InChI is InChI=1S/C16H19N3O2/c1-11-7-8-17-9-13(11)18-15(20)14-10-21-16(19-14)12-5-3-2-4-6-12/h2-6,10-11,13,17H,7-9H2,1H3,(H,18,20). The molecular formula is C16H19N3O2. The number of amides is 1. The zero-order valence-electron chi connectivity index (χ0n) is 12.0. The molecular weight excluding hydrogens is 266 g/mol. The maximum absolute atomic E-state index is 12.2. The van der Waals surface area contributed by atoms with Gasteiger partial charge in [0.25, 0.3) is 5.91 Å². The van der Waals surface area contributed by atoms with E-state index in [9.17, 15) is 4.79 Å². The topological polar surface area (TPSA) is 67.2 Å². The molecule has 2 atom stereocenters. The van der Waals surface area contributed by atoms with Gasteiger partial charge in [0, 0.05) is 18.2 Å². The summed E-state index contributed by atoms with van der Waals surface area (Å²) in [5, 5.41) is 6.32. The van der Waals surface area contributed by atoms with Gasteiger partial charge in [-0.15, -0.1) is 0 Å². The number of benzene rings is 1. The minimum absolute atomic E-state index is 0.142. The summed E-state index contributed by atoms with van der Waals surface area (Å²) in [6, 6.07) is 9.70. The van der Waals surface area contributed by atoms with Crippen molar-refractivity contribution in [2.24, 2.45) is 5.92 Å². The van der Waals surface area contributed by atoms with Gasteiger partial charge >= 0.3 is 0 Å². The molecule has 5 heteroatoms. The van der Waals surface area contributed by atoms with Crippen molar-refractivity contribution >= 4 is 5.91 Å². The molecule has 0 saturated carbocycles. The second kappa shape index (κ2) is 6.10. The van der Waals surface area contributed by atoms with Gasteiger partial charge in [-0.3, -0.25) is 4.79 Å². The number of carbonyl (C=O) groups is 1. The molecule has 2 heterocycles. The molecule has 1 aromatic carbocycles. The minimum atomic E-state index is -0.179. The number of nitrogens with zero attached hydrogens (tertiary/aromatic N) is 1. The van der Waals surface area contributed by atoms with Crippen molar-refractivity contribution in [2.45, 2.75) is 19.4 Å². The summed E-state index contributed by atoms with van der Waals surface area (Å²) in [4.78, 5) is 16.5. The molecule has 5 nitrogen and oxygen atoms in total. The highest BCUT2D eigenvalue weighted by atomic mass is 16.3. The Bertz CT molecular complexity index is 609. The van der Waals surface area contributed by atoms with E-state index in [-0.39, 0.29) is 11.9 Å². The lowest BCUT2D eigenvalue weighted by molar-refractivity contribution is 0.0910. The SMILES string of the molecule is CC1CCNCC1NC(=O)c1coc(-c2ccccc2)n1. The van der Waals surface area contributed by atoms with Crippen LogP contribution >= 0.6 is 0 Å². The van der Waals surface area contributed by atoms with Crippen LogP contribution in [0.15, 0.2) is 41.0 Å². The molecule has 21 heavy (non-hydrogen) atoms. The summed E-state index contributed by atoms with van der Waals surface area (Å²) in [5.74, 6) is 0.757. The van der Waals surface area contributed by atoms with E-state index in [1.807, 2.05) is 30.3 Å². The molecule has 110 valence electrons. The van der Waals surface area contributed by atoms with Crippen molar-refractivity contribution in [1.29, 1.82) is 0 Å². The van der Waals surface area contributed by atoms with Crippen LogP contribution in [0.3, 0.4) is 0 Å². The third-order valence-electron chi connectivity index (χ3n) is 3.90. The monoisotopic (exact) mass is 285 g/mol. The van der Waals surface area contributed by atoms with Gasteiger partial charge in [-0.2, -0.15) is 0 Å². The molecule has 1 aromatic heterocycles. The van der Waals surface area contributed by atoms with Crippen LogP contribution < -0.4 is 10.6 Å². The van der Waals surface area contributed by atoms with Gasteiger partial charge in [-0.1, -0.05) is 25.1 Å². The van der Waals surface area contributed by atoms with E-state index in [0.717, 1.165) is 25.1 Å². The number of nitrogens with one attached hydrogen (secondary N) is 2. The molecule has 2 aromatic rings. The van der Waals surface area contributed by atoms with Gasteiger partial charge in [-0.25, -0.2) is 4.98 Å². The second-order valence-electron chi connectivity index (χ2n) is 5.45. The van der Waals surface area contributed by atoms with E-state index >= 15 is 0 Å². The van der Waals surface area contributed by atoms with Crippen LogP contribution in [-0.4, -0.2) is 30.0 Å². The zero-order valence-corrected chi connectivity index (χ0v) is 12.0. The molecule has 1 aliphatic heterocycles. The number of aromatic nitrogens is 1. The molecule has 2 unspecified atom stereocenters. The maximum Gasteiger partial charge on any atom is 0.273 e. The van der Waals surface area contributed by atoms with Crippen LogP contribution in [0.1, 0.15) is 23.8 Å². The Balaban J connectivity index is 1.69. The Morgan fingerprint density at radius 2 is 2.19 bits per heavy atom. The van der Waals surface area contributed by atoms with Crippen LogP contribution in [0.4, 0.5) is 0 Å². The number of hydrogen-bond donors (Lipinski definition) is 2. The summed E-state index contributed by atoms with van der Waals surface area (Å²) in [7, 11) is 0. The van der Waals surface area contributed by atoms with E-state index < -0.39 is 0 Å². The fourth-order valence-electron chi connectivity index (χ4n) is 2.52. The molecule has 3 rings (SSSR count). The smallest absolute Gasteiger partial charge is 0.273 e. The van der Waals surface area contributed by atoms with Crippen molar-refractivity contribution in [3.05, 3.63) is 42.3 Å². The number of carbonyl (C=O) groups excluding carboxylic acids is 1. The van der Waals surface area contributed by atoms with Crippen molar-refractivity contribution in [2.75, 3.05) is 13.1 Å². The van der Waals surface area contributed by atoms with Gasteiger partial charge in [0.15, 0.2) is 5.69 Å². The van der Waals surface area contributed by atoms with Crippen LogP contribution in [0.5, 0.6) is 0 Å². The van der Waals surface area contributed by atoms with Gasteiger partial charge < -0.3 is 15.1 Å². The molecule has 1 aliphatic rings. The first-order chi connectivity index (χ1) is 10.2. The molecule has 0 spiro atoms. The average molecular weight is 285 g/mol. The maximum atomic E-state index is 12.2. The number of hydrogen-bond acceptors (Lipinski definition) is 4. The summed E-state index contributed by atoms with van der Waals surface area (Å²) in [6.07, 6.45) is 2.48. The molecule has 1 saturated heterocycles. The van der Waals surface area contributed by atoms with Gasteiger partial charge in [0.05, 0.1) is 0 Å². The Labute approximate surface area is 123 Å². The van der Waals surface area contributed by atoms with Crippen LogP contribution in [0.25, 0.3) is 11.5 Å². The van der Waals surface area contributed by atoms with Gasteiger partial charge in [0.1, 0.15) is 6.26 Å². The van der Waals surface area contributed by atoms with E-state index in [1.54, 1.807) is 0 Å². The quantitative estimate of drug-likeness (QED) is 0.906. The number of oxazole rings is 1. The fourth-order valence-corrected chi connectivity index (χ4v) is 2.52. The number of piperidine rings is 1. The highest BCUT2D eigenvalue weighted by Crippen LogP contribution is 2.18. The molecule has 1 fully saturated rings. The largest absolute Gasteiger partial charge is 0.444 e. The molecule has 1 amide bonds. The van der Waals surface area contributed by atoms with Crippen molar-refractivity contribution < 1.29 is 9.21 Å². The lowest BCUT2D eigenvalue weighted by Gasteiger charge is -2.29. The summed E-state index contributed by atoms with van der Waals surface area (Å²) < 4.78 is 5.40. The molecule has 2 N–H and O–H groups in total. The van der Waals surface area contributed by atoms with Gasteiger partial charge in [0.2, 0.25) is 5.89 Å². The summed E-state index contributed by atoms with van der Waals surface area (Å²) >= 11 is 0. The summed E-state index contributed by atoms with van der Waals surface area (Å²) in [5.41, 5.74) is 1.19. The first-order valence-corrected chi connectivity index (χ1v) is 7.26. The lowest BCUT2D eigenvalue weighted by atomic mass is 9.95. The van der Waals surface area contributed by atoms with Crippen LogP contribution in [0.2, 0.25) is 0 Å². The highest BCUT2D eigenvalue weighted by molar-refractivity contribution is 5.92. The van der Waals surface area contributed by atoms with E-state index in [1.165, 1.54) is 6.26 Å². The Morgan fingerprint density at radius 3 is 2.95 bits per heavy atom. The van der Waals surface area contributed by atoms with Crippen LogP contribution in [0, 0.1) is 5.92 Å². The molecule has 0 aliphatic carbocycles. The minimum Gasteiger partial charge on any atom is -0.444 e. The average Bonchev–Trinajstić information content (AvgIpc) is 3.00. The fraction of sp³-hybridized carbons (Fsp3) is 0.375. The lowest BCUT2D eigenvalue weighted by Crippen LogP contribution is -2.50. The third kappa shape index (κ3) is 3.13.